The molecule has 4 heteroatoms. The monoisotopic (exact) mass is 318 g/mol. The lowest BCUT2D eigenvalue weighted by molar-refractivity contribution is -0.130. The van der Waals surface area contributed by atoms with Gasteiger partial charge in [-0.15, -0.1) is 0 Å². The number of carboxylic acid groups (broad SMARTS) is 1. The molecule has 0 aliphatic rings. The third-order valence-corrected chi connectivity index (χ3v) is 3.10. The molecule has 2 rings (SSSR count). The molecule has 0 atom stereocenters. The minimum atomic E-state index is -1.04. The zero-order chi connectivity index (χ0) is 13.8. The molecule has 0 radical (unpaired) electrons. The second-order valence-electron chi connectivity index (χ2n) is 3.93. The summed E-state index contributed by atoms with van der Waals surface area (Å²) >= 11 is 3.29. The molecule has 0 aliphatic heterocycles. The fourth-order valence-corrected chi connectivity index (χ4v) is 2.06. The van der Waals surface area contributed by atoms with Crippen LogP contribution in [0.15, 0.2) is 53.0 Å². The minimum absolute atomic E-state index is 0.0397. The van der Waals surface area contributed by atoms with Crippen molar-refractivity contribution in [3.05, 3.63) is 64.1 Å². The standard InChI is InChI=1S/C15H11BrO3/c16-12-6-7-14(17)11(8-12)9-13(15(18)19)10-4-2-1-3-5-10/h1-9,17H,(H,18,19)/b13-9-. The zero-order valence-electron chi connectivity index (χ0n) is 9.88. The number of aliphatic carboxylic acids is 1. The van der Waals surface area contributed by atoms with Gasteiger partial charge in [-0.1, -0.05) is 46.3 Å². The van der Waals surface area contributed by atoms with Crippen molar-refractivity contribution in [3.8, 4) is 5.75 Å². The molecule has 0 saturated heterocycles. The molecule has 0 spiro atoms. The van der Waals surface area contributed by atoms with Gasteiger partial charge in [0.15, 0.2) is 0 Å². The average Bonchev–Trinajstić information content (AvgIpc) is 2.40. The maximum absolute atomic E-state index is 11.3. The summed E-state index contributed by atoms with van der Waals surface area (Å²) in [6, 6.07) is 13.7. The molecule has 2 aromatic carbocycles. The highest BCUT2D eigenvalue weighted by Crippen LogP contribution is 2.27. The normalized spacial score (nSPS) is 11.3. The first-order chi connectivity index (χ1) is 9.08. The van der Waals surface area contributed by atoms with E-state index in [1.165, 1.54) is 12.1 Å². The van der Waals surface area contributed by atoms with Gasteiger partial charge in [-0.3, -0.25) is 0 Å². The van der Waals surface area contributed by atoms with E-state index < -0.39 is 5.97 Å². The third-order valence-electron chi connectivity index (χ3n) is 2.60. The Morgan fingerprint density at radius 3 is 2.42 bits per heavy atom. The summed E-state index contributed by atoms with van der Waals surface area (Å²) < 4.78 is 0.773. The number of aromatic hydroxyl groups is 1. The number of carboxylic acids is 1. The van der Waals surface area contributed by atoms with Crippen molar-refractivity contribution in [1.82, 2.24) is 0 Å². The maximum atomic E-state index is 11.3. The van der Waals surface area contributed by atoms with Crippen LogP contribution in [0, 0.1) is 0 Å². The Bertz CT molecular complexity index is 633. The van der Waals surface area contributed by atoms with Gasteiger partial charge in [0.2, 0.25) is 0 Å². The van der Waals surface area contributed by atoms with Crippen molar-refractivity contribution in [1.29, 1.82) is 0 Å². The van der Waals surface area contributed by atoms with Gasteiger partial charge in [0.05, 0.1) is 5.57 Å². The summed E-state index contributed by atoms with van der Waals surface area (Å²) in [4.78, 5) is 11.3. The van der Waals surface area contributed by atoms with Gasteiger partial charge >= 0.3 is 5.97 Å². The van der Waals surface area contributed by atoms with Crippen molar-refractivity contribution in [2.24, 2.45) is 0 Å². The molecular formula is C15H11BrO3. The van der Waals surface area contributed by atoms with Crippen LogP contribution in [0.2, 0.25) is 0 Å². The molecule has 0 heterocycles. The Morgan fingerprint density at radius 2 is 1.79 bits per heavy atom. The highest BCUT2D eigenvalue weighted by molar-refractivity contribution is 9.10. The summed E-state index contributed by atoms with van der Waals surface area (Å²) in [5.74, 6) is -0.997. The third kappa shape index (κ3) is 3.23. The van der Waals surface area contributed by atoms with Crippen LogP contribution < -0.4 is 0 Å². The smallest absolute Gasteiger partial charge is 0.336 e. The fraction of sp³-hybridized carbons (Fsp3) is 0. The molecule has 0 fully saturated rings. The first kappa shape index (κ1) is 13.4. The van der Waals surface area contributed by atoms with E-state index in [1.807, 2.05) is 6.07 Å². The molecule has 0 amide bonds. The largest absolute Gasteiger partial charge is 0.507 e. The molecule has 19 heavy (non-hydrogen) atoms. The molecule has 0 bridgehead atoms. The molecule has 3 nitrogen and oxygen atoms in total. The quantitative estimate of drug-likeness (QED) is 0.669. The number of benzene rings is 2. The Balaban J connectivity index is 2.54. The molecule has 0 aliphatic carbocycles. The lowest BCUT2D eigenvalue weighted by Gasteiger charge is -2.05. The molecule has 2 N–H and O–H groups in total. The van der Waals surface area contributed by atoms with E-state index in [2.05, 4.69) is 15.9 Å². The molecule has 0 aromatic heterocycles. The number of rotatable bonds is 3. The van der Waals surface area contributed by atoms with Gasteiger partial charge in [0, 0.05) is 10.0 Å². The van der Waals surface area contributed by atoms with Gasteiger partial charge in [-0.2, -0.15) is 0 Å². The molecule has 0 unspecified atom stereocenters. The molecule has 96 valence electrons. The predicted octanol–water partition coefficient (Wildman–Crippen LogP) is 3.78. The first-order valence-electron chi connectivity index (χ1n) is 5.57. The van der Waals surface area contributed by atoms with Crippen molar-refractivity contribution in [3.63, 3.8) is 0 Å². The van der Waals surface area contributed by atoms with Gasteiger partial charge in [-0.05, 0) is 29.8 Å². The van der Waals surface area contributed by atoms with E-state index in [-0.39, 0.29) is 11.3 Å². The molecular weight excluding hydrogens is 308 g/mol. The second kappa shape index (κ2) is 5.71. The van der Waals surface area contributed by atoms with Crippen molar-refractivity contribution >= 4 is 33.5 Å². The van der Waals surface area contributed by atoms with Crippen LogP contribution in [0.5, 0.6) is 5.75 Å². The summed E-state index contributed by atoms with van der Waals surface area (Å²) in [6.45, 7) is 0. The summed E-state index contributed by atoms with van der Waals surface area (Å²) in [5, 5.41) is 19.0. The van der Waals surface area contributed by atoms with Crippen molar-refractivity contribution < 1.29 is 15.0 Å². The fourth-order valence-electron chi connectivity index (χ4n) is 1.68. The van der Waals surface area contributed by atoms with Crippen LogP contribution in [0.3, 0.4) is 0 Å². The van der Waals surface area contributed by atoms with E-state index in [0.717, 1.165) is 4.47 Å². The highest BCUT2D eigenvalue weighted by atomic mass is 79.9. The van der Waals surface area contributed by atoms with Crippen LogP contribution in [0.25, 0.3) is 11.6 Å². The minimum Gasteiger partial charge on any atom is -0.507 e. The SMILES string of the molecule is O=C(O)/C(=C\c1cc(Br)ccc1O)c1ccccc1. The van der Waals surface area contributed by atoms with E-state index in [4.69, 9.17) is 0 Å². The first-order valence-corrected chi connectivity index (χ1v) is 6.36. The van der Waals surface area contributed by atoms with E-state index in [1.54, 1.807) is 36.4 Å². The van der Waals surface area contributed by atoms with Crippen molar-refractivity contribution in [2.45, 2.75) is 0 Å². The van der Waals surface area contributed by atoms with Crippen LogP contribution in [-0.2, 0) is 4.79 Å². The maximum Gasteiger partial charge on any atom is 0.336 e. The lowest BCUT2D eigenvalue weighted by Crippen LogP contribution is -1.99. The summed E-state index contributed by atoms with van der Waals surface area (Å²) in [6.07, 6.45) is 1.46. The number of phenolic OH excluding ortho intramolecular Hbond substituents is 1. The van der Waals surface area contributed by atoms with Gasteiger partial charge in [0.1, 0.15) is 5.75 Å². The Kier molecular flexibility index (Phi) is 4.02. The number of halogens is 1. The van der Waals surface area contributed by atoms with Crippen LogP contribution in [-0.4, -0.2) is 16.2 Å². The van der Waals surface area contributed by atoms with Gasteiger partial charge in [-0.25, -0.2) is 4.79 Å². The zero-order valence-corrected chi connectivity index (χ0v) is 11.5. The topological polar surface area (TPSA) is 57.5 Å². The number of carbonyl (C=O) groups is 1. The summed E-state index contributed by atoms with van der Waals surface area (Å²) in [5.41, 5.74) is 1.18. The van der Waals surface area contributed by atoms with Crippen LogP contribution in [0.4, 0.5) is 0 Å². The van der Waals surface area contributed by atoms with E-state index in [9.17, 15) is 15.0 Å². The van der Waals surface area contributed by atoms with Gasteiger partial charge < -0.3 is 10.2 Å². The highest BCUT2D eigenvalue weighted by Gasteiger charge is 2.11. The number of phenols is 1. The number of hydrogen-bond donors (Lipinski definition) is 2. The lowest BCUT2D eigenvalue weighted by atomic mass is 10.0. The Hall–Kier alpha value is -2.07. The second-order valence-corrected chi connectivity index (χ2v) is 4.85. The molecule has 2 aromatic rings. The van der Waals surface area contributed by atoms with Gasteiger partial charge in [0.25, 0.3) is 0 Å². The predicted molar refractivity (Wildman–Crippen MR) is 77.8 cm³/mol. The van der Waals surface area contributed by atoms with Crippen LogP contribution >= 0.6 is 15.9 Å². The Morgan fingerprint density at radius 1 is 1.11 bits per heavy atom. The molecule has 0 saturated carbocycles. The Labute approximate surface area is 119 Å². The average molecular weight is 319 g/mol. The van der Waals surface area contributed by atoms with Crippen LogP contribution in [0.1, 0.15) is 11.1 Å². The van der Waals surface area contributed by atoms with E-state index in [0.29, 0.717) is 11.1 Å². The summed E-state index contributed by atoms with van der Waals surface area (Å²) in [7, 11) is 0. The number of hydrogen-bond acceptors (Lipinski definition) is 2. The van der Waals surface area contributed by atoms with Crippen molar-refractivity contribution in [2.75, 3.05) is 0 Å². The van der Waals surface area contributed by atoms with E-state index >= 15 is 0 Å².